The molecule has 1 aliphatic heterocycles. The molecule has 1 saturated heterocycles. The molecular formula is C16H26N2O2S. The SMILES string of the molecule is COCCNCc1ccc(SCCN2CCOCC2)cc1. The van der Waals surface area contributed by atoms with Gasteiger partial charge in [0.05, 0.1) is 19.8 Å². The summed E-state index contributed by atoms with van der Waals surface area (Å²) >= 11 is 1.93. The van der Waals surface area contributed by atoms with E-state index in [0.717, 1.165) is 58.3 Å². The summed E-state index contributed by atoms with van der Waals surface area (Å²) in [5.41, 5.74) is 1.32. The van der Waals surface area contributed by atoms with Crippen LogP contribution in [0.1, 0.15) is 5.56 Å². The Morgan fingerprint density at radius 2 is 2.00 bits per heavy atom. The van der Waals surface area contributed by atoms with Gasteiger partial charge in [-0.1, -0.05) is 12.1 Å². The number of benzene rings is 1. The Morgan fingerprint density at radius 1 is 1.24 bits per heavy atom. The molecule has 1 aromatic rings. The molecule has 1 N–H and O–H groups in total. The molecule has 0 saturated carbocycles. The molecule has 0 spiro atoms. The van der Waals surface area contributed by atoms with Gasteiger partial charge in [0.15, 0.2) is 0 Å². The minimum Gasteiger partial charge on any atom is -0.383 e. The summed E-state index contributed by atoms with van der Waals surface area (Å²) < 4.78 is 10.4. The third kappa shape index (κ3) is 6.80. The summed E-state index contributed by atoms with van der Waals surface area (Å²) in [4.78, 5) is 3.83. The van der Waals surface area contributed by atoms with Gasteiger partial charge in [-0.25, -0.2) is 0 Å². The number of hydrogen-bond acceptors (Lipinski definition) is 5. The highest BCUT2D eigenvalue weighted by atomic mass is 32.2. The topological polar surface area (TPSA) is 33.7 Å². The van der Waals surface area contributed by atoms with E-state index >= 15 is 0 Å². The molecule has 1 aliphatic rings. The molecule has 0 amide bonds. The Balaban J connectivity index is 1.62. The van der Waals surface area contributed by atoms with Crippen LogP contribution in [0.4, 0.5) is 0 Å². The number of thioether (sulfide) groups is 1. The van der Waals surface area contributed by atoms with Crippen LogP contribution in [0.15, 0.2) is 29.2 Å². The van der Waals surface area contributed by atoms with Crippen molar-refractivity contribution >= 4 is 11.8 Å². The first kappa shape index (κ1) is 16.8. The first-order valence-corrected chi connectivity index (χ1v) is 8.58. The van der Waals surface area contributed by atoms with Gasteiger partial charge in [0, 0.05) is 50.5 Å². The van der Waals surface area contributed by atoms with E-state index in [1.165, 1.54) is 10.5 Å². The van der Waals surface area contributed by atoms with Crippen LogP contribution in [-0.2, 0) is 16.0 Å². The number of nitrogens with one attached hydrogen (secondary N) is 1. The quantitative estimate of drug-likeness (QED) is 0.556. The molecule has 2 rings (SSSR count). The highest BCUT2D eigenvalue weighted by Crippen LogP contribution is 2.18. The fraction of sp³-hybridized carbons (Fsp3) is 0.625. The molecule has 0 bridgehead atoms. The minimum atomic E-state index is 0.759. The third-order valence-electron chi connectivity index (χ3n) is 3.52. The molecule has 1 fully saturated rings. The van der Waals surface area contributed by atoms with E-state index in [1.807, 2.05) is 11.8 Å². The third-order valence-corrected chi connectivity index (χ3v) is 4.51. The van der Waals surface area contributed by atoms with E-state index in [0.29, 0.717) is 0 Å². The molecule has 118 valence electrons. The number of hydrogen-bond donors (Lipinski definition) is 1. The normalized spacial score (nSPS) is 16.2. The summed E-state index contributed by atoms with van der Waals surface area (Å²) in [7, 11) is 1.73. The summed E-state index contributed by atoms with van der Waals surface area (Å²) in [5.74, 6) is 1.14. The second-order valence-electron chi connectivity index (χ2n) is 5.12. The standard InChI is InChI=1S/C16H26N2O2S/c1-19-10-6-17-14-15-2-4-16(5-3-15)21-13-9-18-7-11-20-12-8-18/h2-5,17H,6-14H2,1H3. The van der Waals surface area contributed by atoms with E-state index in [4.69, 9.17) is 9.47 Å². The van der Waals surface area contributed by atoms with Crippen molar-refractivity contribution in [3.63, 3.8) is 0 Å². The molecule has 4 nitrogen and oxygen atoms in total. The van der Waals surface area contributed by atoms with Crippen molar-refractivity contribution in [3.8, 4) is 0 Å². The van der Waals surface area contributed by atoms with Gasteiger partial charge >= 0.3 is 0 Å². The second kappa shape index (κ2) is 10.2. The molecule has 1 aromatic carbocycles. The van der Waals surface area contributed by atoms with Crippen LogP contribution in [0.5, 0.6) is 0 Å². The zero-order valence-corrected chi connectivity index (χ0v) is 13.7. The summed E-state index contributed by atoms with van der Waals surface area (Å²) in [6.45, 7) is 7.63. The van der Waals surface area contributed by atoms with Gasteiger partial charge in [-0.15, -0.1) is 11.8 Å². The smallest absolute Gasteiger partial charge is 0.0594 e. The van der Waals surface area contributed by atoms with E-state index in [2.05, 4.69) is 34.5 Å². The van der Waals surface area contributed by atoms with Gasteiger partial charge in [0.25, 0.3) is 0 Å². The van der Waals surface area contributed by atoms with Gasteiger partial charge in [-0.3, -0.25) is 4.90 Å². The van der Waals surface area contributed by atoms with Gasteiger partial charge in [0.1, 0.15) is 0 Å². The highest BCUT2D eigenvalue weighted by molar-refractivity contribution is 7.99. The first-order valence-electron chi connectivity index (χ1n) is 7.60. The monoisotopic (exact) mass is 310 g/mol. The van der Waals surface area contributed by atoms with Crippen molar-refractivity contribution in [2.45, 2.75) is 11.4 Å². The predicted molar refractivity (Wildman–Crippen MR) is 88.0 cm³/mol. The fourth-order valence-corrected chi connectivity index (χ4v) is 3.14. The average molecular weight is 310 g/mol. The zero-order chi connectivity index (χ0) is 14.8. The maximum absolute atomic E-state index is 5.36. The predicted octanol–water partition coefficient (Wildman–Crippen LogP) is 1.85. The van der Waals surface area contributed by atoms with Gasteiger partial charge in [-0.2, -0.15) is 0 Å². The Bertz CT molecular complexity index is 380. The number of rotatable bonds is 9. The van der Waals surface area contributed by atoms with Crippen LogP contribution in [-0.4, -0.2) is 63.8 Å². The maximum atomic E-state index is 5.36. The van der Waals surface area contributed by atoms with E-state index < -0.39 is 0 Å². The van der Waals surface area contributed by atoms with Crippen LogP contribution in [0.3, 0.4) is 0 Å². The largest absolute Gasteiger partial charge is 0.383 e. The van der Waals surface area contributed by atoms with Crippen LogP contribution in [0.25, 0.3) is 0 Å². The maximum Gasteiger partial charge on any atom is 0.0594 e. The Kier molecular flexibility index (Phi) is 8.14. The lowest BCUT2D eigenvalue weighted by molar-refractivity contribution is 0.0410. The van der Waals surface area contributed by atoms with Crippen molar-refractivity contribution in [3.05, 3.63) is 29.8 Å². The summed E-state index contributed by atoms with van der Waals surface area (Å²) in [6, 6.07) is 8.85. The lowest BCUT2D eigenvalue weighted by atomic mass is 10.2. The van der Waals surface area contributed by atoms with Crippen molar-refractivity contribution in [2.75, 3.05) is 58.9 Å². The second-order valence-corrected chi connectivity index (χ2v) is 6.28. The van der Waals surface area contributed by atoms with Crippen molar-refractivity contribution in [1.29, 1.82) is 0 Å². The summed E-state index contributed by atoms with van der Waals surface area (Å²) in [5, 5.41) is 3.36. The zero-order valence-electron chi connectivity index (χ0n) is 12.8. The summed E-state index contributed by atoms with van der Waals surface area (Å²) in [6.07, 6.45) is 0. The van der Waals surface area contributed by atoms with Crippen LogP contribution in [0, 0.1) is 0 Å². The number of nitrogens with zero attached hydrogens (tertiary/aromatic N) is 1. The molecular weight excluding hydrogens is 284 g/mol. The molecule has 1 heterocycles. The van der Waals surface area contributed by atoms with Crippen LogP contribution >= 0.6 is 11.8 Å². The van der Waals surface area contributed by atoms with E-state index in [-0.39, 0.29) is 0 Å². The van der Waals surface area contributed by atoms with Crippen molar-refractivity contribution in [1.82, 2.24) is 10.2 Å². The Hall–Kier alpha value is -0.590. The lowest BCUT2D eigenvalue weighted by Gasteiger charge is -2.26. The van der Waals surface area contributed by atoms with Gasteiger partial charge < -0.3 is 14.8 Å². The lowest BCUT2D eigenvalue weighted by Crippen LogP contribution is -2.37. The van der Waals surface area contributed by atoms with Gasteiger partial charge in [-0.05, 0) is 17.7 Å². The molecule has 0 aliphatic carbocycles. The minimum absolute atomic E-state index is 0.759. The Morgan fingerprint density at radius 3 is 2.71 bits per heavy atom. The van der Waals surface area contributed by atoms with Crippen molar-refractivity contribution < 1.29 is 9.47 Å². The average Bonchev–Trinajstić information content (AvgIpc) is 2.54. The number of morpholine rings is 1. The van der Waals surface area contributed by atoms with Gasteiger partial charge in [0.2, 0.25) is 0 Å². The van der Waals surface area contributed by atoms with E-state index in [1.54, 1.807) is 7.11 Å². The first-order chi connectivity index (χ1) is 10.4. The molecule has 5 heteroatoms. The molecule has 0 aromatic heterocycles. The number of methoxy groups -OCH3 is 1. The fourth-order valence-electron chi connectivity index (χ4n) is 2.23. The van der Waals surface area contributed by atoms with E-state index in [9.17, 15) is 0 Å². The molecule has 0 unspecified atom stereocenters. The van der Waals surface area contributed by atoms with Crippen LogP contribution < -0.4 is 5.32 Å². The van der Waals surface area contributed by atoms with Crippen LogP contribution in [0.2, 0.25) is 0 Å². The molecule has 21 heavy (non-hydrogen) atoms. The van der Waals surface area contributed by atoms with Crippen molar-refractivity contribution in [2.24, 2.45) is 0 Å². The molecule has 0 radical (unpaired) electrons. The highest BCUT2D eigenvalue weighted by Gasteiger charge is 2.09. The molecule has 0 atom stereocenters. The number of ether oxygens (including phenoxy) is 2. The Labute approximate surface area is 132 Å².